The van der Waals surface area contributed by atoms with Gasteiger partial charge in [0, 0.05) is 31.8 Å². The second kappa shape index (κ2) is 19.0. The van der Waals surface area contributed by atoms with E-state index in [1.54, 1.807) is 38.1 Å². The number of amides is 4. The number of rotatable bonds is 16. The maximum Gasteiger partial charge on any atom is 0.410 e. The molecule has 1 fully saturated rings. The van der Waals surface area contributed by atoms with Crippen molar-refractivity contribution in [1.82, 2.24) is 20.9 Å². The Bertz CT molecular complexity index is 1630. The van der Waals surface area contributed by atoms with Crippen LogP contribution in [0.1, 0.15) is 49.8 Å². The lowest BCUT2D eigenvalue weighted by molar-refractivity contribution is -0.146. The molecule has 270 valence electrons. The van der Waals surface area contributed by atoms with E-state index in [4.69, 9.17) is 9.47 Å². The molecule has 3 N–H and O–H groups in total. The standard InChI is InChI=1S/C39H46N4O8/c1-26(2)30(24-34(44)37(47)42-32(38(48)50-3)23-28-16-9-5-10-17-28)40-35(45)31(22-27-14-7-4-8-15-27)41-36(46)33-20-13-21-43(33)39(49)51-25-29-18-11-6-12-19-29/h4-12,14-19,26,30-33H,13,20-25H2,1-3H3,(H,40,45)(H,41,46)(H,42,47)/t30-,31-,32-,33-/m0/s1. The maximum atomic E-state index is 13.8. The zero-order valence-corrected chi connectivity index (χ0v) is 29.2. The largest absolute Gasteiger partial charge is 0.467 e. The molecule has 0 spiro atoms. The van der Waals surface area contributed by atoms with Gasteiger partial charge in [0.15, 0.2) is 0 Å². The van der Waals surface area contributed by atoms with Gasteiger partial charge in [0.2, 0.25) is 17.6 Å². The number of hydrogen-bond acceptors (Lipinski definition) is 8. The number of Topliss-reactive ketones (excluding diaryl/α,β-unsaturated/α-hetero) is 1. The molecule has 1 saturated heterocycles. The fourth-order valence-corrected chi connectivity index (χ4v) is 5.84. The first-order chi connectivity index (χ1) is 24.5. The van der Waals surface area contributed by atoms with Crippen LogP contribution in [0.2, 0.25) is 0 Å². The number of ether oxygens (including phenoxy) is 2. The Balaban J connectivity index is 1.42. The summed E-state index contributed by atoms with van der Waals surface area (Å²) in [5, 5.41) is 8.19. The minimum Gasteiger partial charge on any atom is -0.467 e. The fourth-order valence-electron chi connectivity index (χ4n) is 5.84. The molecular weight excluding hydrogens is 652 g/mol. The lowest BCUT2D eigenvalue weighted by Crippen LogP contribution is -2.56. The van der Waals surface area contributed by atoms with Crippen molar-refractivity contribution in [2.45, 2.75) is 76.7 Å². The highest BCUT2D eigenvalue weighted by Crippen LogP contribution is 2.20. The summed E-state index contributed by atoms with van der Waals surface area (Å²) < 4.78 is 10.3. The van der Waals surface area contributed by atoms with Gasteiger partial charge in [-0.05, 0) is 35.4 Å². The van der Waals surface area contributed by atoms with E-state index in [0.717, 1.165) is 16.7 Å². The SMILES string of the molecule is COC(=O)[C@H](Cc1ccccc1)NC(=O)C(=O)C[C@H](NC(=O)[C@H](Cc1ccccc1)NC(=O)[C@@H]1CCCN1C(=O)OCc1ccccc1)C(C)C. The molecule has 4 atom stereocenters. The zero-order chi connectivity index (χ0) is 36.8. The van der Waals surface area contributed by atoms with E-state index in [-0.39, 0.29) is 31.8 Å². The van der Waals surface area contributed by atoms with Gasteiger partial charge in [-0.25, -0.2) is 9.59 Å². The summed E-state index contributed by atoms with van der Waals surface area (Å²) in [4.78, 5) is 80.5. The Morgan fingerprint density at radius 2 is 1.29 bits per heavy atom. The minimum absolute atomic E-state index is 0.0628. The summed E-state index contributed by atoms with van der Waals surface area (Å²) in [6.07, 6.45) is 0.306. The summed E-state index contributed by atoms with van der Waals surface area (Å²) in [5.41, 5.74) is 2.37. The lowest BCUT2D eigenvalue weighted by atomic mass is 9.96. The second-order valence-electron chi connectivity index (χ2n) is 12.9. The molecule has 0 aromatic heterocycles. The number of carbonyl (C=O) groups excluding carboxylic acids is 6. The third-order valence-corrected chi connectivity index (χ3v) is 8.78. The van der Waals surface area contributed by atoms with E-state index in [1.165, 1.54) is 12.0 Å². The van der Waals surface area contributed by atoms with Crippen molar-refractivity contribution in [2.24, 2.45) is 5.92 Å². The van der Waals surface area contributed by atoms with Gasteiger partial charge >= 0.3 is 12.1 Å². The maximum absolute atomic E-state index is 13.8. The van der Waals surface area contributed by atoms with Crippen LogP contribution in [0.5, 0.6) is 0 Å². The molecule has 3 aromatic carbocycles. The van der Waals surface area contributed by atoms with Crippen LogP contribution in [-0.4, -0.2) is 78.3 Å². The summed E-state index contributed by atoms with van der Waals surface area (Å²) in [6, 6.07) is 23.6. The fraction of sp³-hybridized carbons (Fsp3) is 0.385. The van der Waals surface area contributed by atoms with Gasteiger partial charge in [0.25, 0.3) is 5.91 Å². The van der Waals surface area contributed by atoms with Crippen LogP contribution in [0.4, 0.5) is 4.79 Å². The normalized spacial score (nSPS) is 15.6. The highest BCUT2D eigenvalue weighted by atomic mass is 16.6. The van der Waals surface area contributed by atoms with Gasteiger partial charge in [-0.15, -0.1) is 0 Å². The Kier molecular flexibility index (Phi) is 14.3. The summed E-state index contributed by atoms with van der Waals surface area (Å²) in [5.74, 6) is -3.82. The average molecular weight is 699 g/mol. The quantitative estimate of drug-likeness (QED) is 0.151. The molecule has 0 radical (unpaired) electrons. The van der Waals surface area contributed by atoms with E-state index < -0.39 is 59.7 Å². The monoisotopic (exact) mass is 698 g/mol. The smallest absolute Gasteiger partial charge is 0.410 e. The summed E-state index contributed by atoms with van der Waals surface area (Å²) >= 11 is 0. The predicted molar refractivity (Wildman–Crippen MR) is 189 cm³/mol. The van der Waals surface area contributed by atoms with E-state index in [9.17, 15) is 28.8 Å². The number of esters is 1. The lowest BCUT2D eigenvalue weighted by Gasteiger charge is -2.28. The Morgan fingerprint density at radius 1 is 0.745 bits per heavy atom. The number of nitrogens with zero attached hydrogens (tertiary/aromatic N) is 1. The highest BCUT2D eigenvalue weighted by Gasteiger charge is 2.37. The molecule has 4 amide bonds. The third-order valence-electron chi connectivity index (χ3n) is 8.78. The number of likely N-dealkylation sites (tertiary alicyclic amines) is 1. The summed E-state index contributed by atoms with van der Waals surface area (Å²) in [7, 11) is 1.20. The van der Waals surface area contributed by atoms with Crippen LogP contribution in [0, 0.1) is 5.92 Å². The Hall–Kier alpha value is -5.52. The first kappa shape index (κ1) is 38.3. The van der Waals surface area contributed by atoms with Crippen molar-refractivity contribution in [3.8, 4) is 0 Å². The van der Waals surface area contributed by atoms with Crippen molar-refractivity contribution in [3.05, 3.63) is 108 Å². The number of hydrogen-bond donors (Lipinski definition) is 3. The third kappa shape index (κ3) is 11.5. The van der Waals surface area contributed by atoms with Gasteiger partial charge in [0.1, 0.15) is 24.7 Å². The van der Waals surface area contributed by atoms with Gasteiger partial charge in [-0.2, -0.15) is 0 Å². The molecule has 1 aliphatic rings. The van der Waals surface area contributed by atoms with Gasteiger partial charge in [-0.1, -0.05) is 105 Å². The predicted octanol–water partition coefficient (Wildman–Crippen LogP) is 3.52. The van der Waals surface area contributed by atoms with E-state index in [2.05, 4.69) is 16.0 Å². The van der Waals surface area contributed by atoms with Gasteiger partial charge in [-0.3, -0.25) is 24.1 Å². The van der Waals surface area contributed by atoms with E-state index >= 15 is 0 Å². The average Bonchev–Trinajstić information content (AvgIpc) is 3.64. The topological polar surface area (TPSA) is 160 Å². The molecular formula is C39H46N4O8. The van der Waals surface area contributed by atoms with Crippen molar-refractivity contribution in [3.63, 3.8) is 0 Å². The Morgan fingerprint density at radius 3 is 1.84 bits per heavy atom. The van der Waals surface area contributed by atoms with E-state index in [1.807, 2.05) is 66.7 Å². The number of nitrogens with one attached hydrogen (secondary N) is 3. The van der Waals surface area contributed by atoms with Crippen molar-refractivity contribution in [1.29, 1.82) is 0 Å². The minimum atomic E-state index is -1.09. The van der Waals surface area contributed by atoms with Crippen molar-refractivity contribution in [2.75, 3.05) is 13.7 Å². The first-order valence-corrected chi connectivity index (χ1v) is 17.1. The zero-order valence-electron chi connectivity index (χ0n) is 29.2. The molecule has 51 heavy (non-hydrogen) atoms. The van der Waals surface area contributed by atoms with Gasteiger partial charge < -0.3 is 25.4 Å². The first-order valence-electron chi connectivity index (χ1n) is 17.1. The molecule has 0 bridgehead atoms. The van der Waals surface area contributed by atoms with Crippen LogP contribution in [-0.2, 0) is 52.9 Å². The molecule has 1 aliphatic heterocycles. The van der Waals surface area contributed by atoms with Crippen LogP contribution in [0.25, 0.3) is 0 Å². The number of methoxy groups -OCH3 is 1. The molecule has 4 rings (SSSR count). The summed E-state index contributed by atoms with van der Waals surface area (Å²) in [6.45, 7) is 3.99. The number of ketones is 1. The van der Waals surface area contributed by atoms with Gasteiger partial charge in [0.05, 0.1) is 7.11 Å². The van der Waals surface area contributed by atoms with E-state index in [0.29, 0.717) is 19.4 Å². The molecule has 0 unspecified atom stereocenters. The number of carbonyl (C=O) groups is 6. The van der Waals surface area contributed by atoms with Crippen molar-refractivity contribution < 1.29 is 38.2 Å². The second-order valence-corrected chi connectivity index (χ2v) is 12.9. The Labute approximate surface area is 298 Å². The van der Waals surface area contributed by atoms with Crippen LogP contribution in [0.3, 0.4) is 0 Å². The molecule has 1 heterocycles. The highest BCUT2D eigenvalue weighted by molar-refractivity contribution is 6.36. The molecule has 0 saturated carbocycles. The number of benzene rings is 3. The molecule has 3 aromatic rings. The van der Waals surface area contributed by atoms with Crippen molar-refractivity contribution >= 4 is 35.6 Å². The molecule has 12 nitrogen and oxygen atoms in total. The molecule has 0 aliphatic carbocycles. The van der Waals surface area contributed by atoms with Crippen LogP contribution >= 0.6 is 0 Å². The van der Waals surface area contributed by atoms with Crippen LogP contribution in [0.15, 0.2) is 91.0 Å². The molecule has 12 heteroatoms. The van der Waals surface area contributed by atoms with Crippen LogP contribution < -0.4 is 16.0 Å².